The molecule has 4 rings (SSSR count). The highest BCUT2D eigenvalue weighted by atomic mass is 32.2. The predicted octanol–water partition coefficient (Wildman–Crippen LogP) is 3.97. The standard InChI is InChI=1S/C21H24N2O3S/c1-14-8-18-19(9-15(14)2)23(13-22-18)11-16(24)12-27-17-4-5-20-21(10-17)26-7-3-6-25-20/h4-5,8-10,13,16,24H,3,6-7,11-12H2,1-2H3/t16-/m0/s1. The molecule has 1 N–H and O–H groups in total. The number of fused-ring (bicyclic) bond motifs is 2. The maximum Gasteiger partial charge on any atom is 0.162 e. The molecule has 0 saturated carbocycles. The fourth-order valence-electron chi connectivity index (χ4n) is 3.16. The number of imidazole rings is 1. The van der Waals surface area contributed by atoms with Gasteiger partial charge in [-0.25, -0.2) is 4.98 Å². The van der Waals surface area contributed by atoms with Crippen LogP contribution >= 0.6 is 11.8 Å². The van der Waals surface area contributed by atoms with Crippen LogP contribution in [0.5, 0.6) is 11.5 Å². The summed E-state index contributed by atoms with van der Waals surface area (Å²) in [6.45, 7) is 6.08. The van der Waals surface area contributed by atoms with E-state index in [4.69, 9.17) is 9.47 Å². The number of nitrogens with zero attached hydrogens (tertiary/aromatic N) is 2. The number of aromatic nitrogens is 2. The molecule has 5 nitrogen and oxygen atoms in total. The van der Waals surface area contributed by atoms with E-state index in [1.807, 2.05) is 29.1 Å². The van der Waals surface area contributed by atoms with Crippen molar-refractivity contribution in [2.75, 3.05) is 19.0 Å². The van der Waals surface area contributed by atoms with Crippen molar-refractivity contribution in [1.29, 1.82) is 0 Å². The number of hydrogen-bond acceptors (Lipinski definition) is 5. The summed E-state index contributed by atoms with van der Waals surface area (Å²) in [4.78, 5) is 5.53. The van der Waals surface area contributed by atoms with E-state index in [1.54, 1.807) is 11.8 Å². The summed E-state index contributed by atoms with van der Waals surface area (Å²) in [6, 6.07) is 10.2. The SMILES string of the molecule is Cc1cc2ncn(C[C@H](O)CSc3ccc4c(c3)OCCCO4)c2cc1C. The summed E-state index contributed by atoms with van der Waals surface area (Å²) in [5.74, 6) is 2.19. The van der Waals surface area contributed by atoms with Gasteiger partial charge in [0.25, 0.3) is 0 Å². The van der Waals surface area contributed by atoms with Crippen LogP contribution in [0.25, 0.3) is 11.0 Å². The van der Waals surface area contributed by atoms with Crippen molar-refractivity contribution in [3.05, 3.63) is 47.8 Å². The number of aliphatic hydroxyl groups excluding tert-OH is 1. The third-order valence-corrected chi connectivity index (χ3v) is 5.94. The lowest BCUT2D eigenvalue weighted by Gasteiger charge is -2.13. The Morgan fingerprint density at radius 2 is 1.89 bits per heavy atom. The molecule has 27 heavy (non-hydrogen) atoms. The summed E-state index contributed by atoms with van der Waals surface area (Å²) in [5, 5.41) is 10.5. The lowest BCUT2D eigenvalue weighted by atomic mass is 10.1. The molecule has 0 saturated heterocycles. The normalized spacial score (nSPS) is 14.9. The molecule has 0 unspecified atom stereocenters. The lowest BCUT2D eigenvalue weighted by Crippen LogP contribution is -2.18. The molecule has 1 aliphatic heterocycles. The van der Waals surface area contributed by atoms with Crippen molar-refractivity contribution in [3.8, 4) is 11.5 Å². The number of aryl methyl sites for hydroxylation is 2. The second-order valence-corrected chi connectivity index (χ2v) is 8.04. The summed E-state index contributed by atoms with van der Waals surface area (Å²) in [7, 11) is 0. The molecule has 1 atom stereocenters. The molecule has 0 bridgehead atoms. The van der Waals surface area contributed by atoms with Crippen LogP contribution in [0.3, 0.4) is 0 Å². The van der Waals surface area contributed by atoms with E-state index < -0.39 is 6.10 Å². The van der Waals surface area contributed by atoms with Gasteiger partial charge in [0.15, 0.2) is 11.5 Å². The summed E-state index contributed by atoms with van der Waals surface area (Å²) in [5.41, 5.74) is 4.51. The van der Waals surface area contributed by atoms with E-state index in [0.717, 1.165) is 33.8 Å². The van der Waals surface area contributed by atoms with Gasteiger partial charge in [0.05, 0.1) is 43.2 Å². The van der Waals surface area contributed by atoms with Gasteiger partial charge in [-0.1, -0.05) is 0 Å². The van der Waals surface area contributed by atoms with E-state index in [-0.39, 0.29) is 0 Å². The zero-order valence-electron chi connectivity index (χ0n) is 15.6. The monoisotopic (exact) mass is 384 g/mol. The third kappa shape index (κ3) is 4.06. The minimum absolute atomic E-state index is 0.468. The van der Waals surface area contributed by atoms with Gasteiger partial charge in [0.2, 0.25) is 0 Å². The third-order valence-electron chi connectivity index (χ3n) is 4.81. The average Bonchev–Trinajstić information content (AvgIpc) is 2.89. The van der Waals surface area contributed by atoms with Gasteiger partial charge in [-0.15, -0.1) is 11.8 Å². The molecule has 2 aromatic carbocycles. The van der Waals surface area contributed by atoms with Crippen molar-refractivity contribution in [3.63, 3.8) is 0 Å². The van der Waals surface area contributed by atoms with Crippen LogP contribution in [0.2, 0.25) is 0 Å². The Kier molecular flexibility index (Phi) is 5.27. The fraction of sp³-hybridized carbons (Fsp3) is 0.381. The van der Waals surface area contributed by atoms with E-state index in [1.165, 1.54) is 11.1 Å². The highest BCUT2D eigenvalue weighted by molar-refractivity contribution is 7.99. The largest absolute Gasteiger partial charge is 0.490 e. The summed E-state index contributed by atoms with van der Waals surface area (Å²) in [6.07, 6.45) is 2.24. The van der Waals surface area contributed by atoms with Crippen LogP contribution in [-0.4, -0.2) is 39.7 Å². The van der Waals surface area contributed by atoms with Crippen LogP contribution in [0.15, 0.2) is 41.6 Å². The number of benzene rings is 2. The minimum atomic E-state index is -0.468. The van der Waals surface area contributed by atoms with Gasteiger partial charge >= 0.3 is 0 Å². The molecule has 142 valence electrons. The number of rotatable bonds is 5. The first-order valence-corrected chi connectivity index (χ1v) is 10.2. The maximum atomic E-state index is 10.5. The Morgan fingerprint density at radius 3 is 2.74 bits per heavy atom. The van der Waals surface area contributed by atoms with E-state index >= 15 is 0 Å². The van der Waals surface area contributed by atoms with Crippen LogP contribution < -0.4 is 9.47 Å². The van der Waals surface area contributed by atoms with Gasteiger partial charge in [-0.05, 0) is 55.3 Å². The topological polar surface area (TPSA) is 56.5 Å². The molecule has 3 aromatic rings. The molecule has 0 radical (unpaired) electrons. The van der Waals surface area contributed by atoms with E-state index in [9.17, 15) is 5.11 Å². The predicted molar refractivity (Wildman–Crippen MR) is 108 cm³/mol. The van der Waals surface area contributed by atoms with E-state index in [2.05, 4.69) is 31.0 Å². The van der Waals surface area contributed by atoms with Crippen molar-refractivity contribution in [2.24, 2.45) is 0 Å². The Labute approximate surface area is 163 Å². The Balaban J connectivity index is 1.41. The van der Waals surface area contributed by atoms with Crippen molar-refractivity contribution in [1.82, 2.24) is 9.55 Å². The number of ether oxygens (including phenoxy) is 2. The molecule has 1 aromatic heterocycles. The number of hydrogen-bond donors (Lipinski definition) is 1. The van der Waals surface area contributed by atoms with Gasteiger partial charge in [0, 0.05) is 17.1 Å². The highest BCUT2D eigenvalue weighted by Crippen LogP contribution is 2.34. The average molecular weight is 385 g/mol. The molecular weight excluding hydrogens is 360 g/mol. The van der Waals surface area contributed by atoms with Crippen molar-refractivity contribution in [2.45, 2.75) is 37.8 Å². The molecule has 0 spiro atoms. The summed E-state index contributed by atoms with van der Waals surface area (Å²) < 4.78 is 13.4. The lowest BCUT2D eigenvalue weighted by molar-refractivity contribution is 0.179. The minimum Gasteiger partial charge on any atom is -0.490 e. The molecule has 0 fully saturated rings. The quantitative estimate of drug-likeness (QED) is 0.675. The van der Waals surface area contributed by atoms with Crippen molar-refractivity contribution >= 4 is 22.8 Å². The Bertz CT molecular complexity index is 954. The van der Waals surface area contributed by atoms with Crippen LogP contribution in [0.4, 0.5) is 0 Å². The smallest absolute Gasteiger partial charge is 0.162 e. The molecular formula is C21H24N2O3S. The fourth-order valence-corrected chi connectivity index (χ4v) is 4.01. The van der Waals surface area contributed by atoms with E-state index in [0.29, 0.717) is 25.5 Å². The second kappa shape index (κ2) is 7.82. The summed E-state index contributed by atoms with van der Waals surface area (Å²) >= 11 is 1.62. The first-order chi connectivity index (χ1) is 13.1. The second-order valence-electron chi connectivity index (χ2n) is 6.95. The first-order valence-electron chi connectivity index (χ1n) is 9.23. The number of aliphatic hydroxyl groups is 1. The highest BCUT2D eigenvalue weighted by Gasteiger charge is 2.13. The molecule has 2 heterocycles. The molecule has 6 heteroatoms. The van der Waals surface area contributed by atoms with Crippen LogP contribution in [-0.2, 0) is 6.54 Å². The van der Waals surface area contributed by atoms with Gasteiger partial charge in [0.1, 0.15) is 0 Å². The first kappa shape index (κ1) is 18.2. The van der Waals surface area contributed by atoms with Gasteiger partial charge in [-0.3, -0.25) is 0 Å². The van der Waals surface area contributed by atoms with Crippen molar-refractivity contribution < 1.29 is 14.6 Å². The zero-order chi connectivity index (χ0) is 18.8. The Hall–Kier alpha value is -2.18. The molecule has 1 aliphatic rings. The number of thioether (sulfide) groups is 1. The Morgan fingerprint density at radius 1 is 1.11 bits per heavy atom. The maximum absolute atomic E-state index is 10.5. The molecule has 0 amide bonds. The van der Waals surface area contributed by atoms with Gasteiger partial charge in [-0.2, -0.15) is 0 Å². The van der Waals surface area contributed by atoms with Crippen LogP contribution in [0, 0.1) is 13.8 Å². The molecule has 0 aliphatic carbocycles. The zero-order valence-corrected chi connectivity index (χ0v) is 16.5. The van der Waals surface area contributed by atoms with Gasteiger partial charge < -0.3 is 19.1 Å². The van der Waals surface area contributed by atoms with Crippen LogP contribution in [0.1, 0.15) is 17.5 Å².